The maximum atomic E-state index is 6.41. The highest BCUT2D eigenvalue weighted by Gasteiger charge is 2.17. The molecule has 41 heavy (non-hydrogen) atoms. The lowest BCUT2D eigenvalue weighted by Gasteiger charge is -2.12. The molecule has 9 rings (SSSR count). The van der Waals surface area contributed by atoms with Gasteiger partial charge in [0.05, 0.1) is 22.2 Å². The van der Waals surface area contributed by atoms with Gasteiger partial charge in [-0.2, -0.15) is 0 Å². The van der Waals surface area contributed by atoms with Crippen LogP contribution in [0.5, 0.6) is 11.5 Å². The third-order valence-corrected chi connectivity index (χ3v) is 7.85. The van der Waals surface area contributed by atoms with Crippen molar-refractivity contribution >= 4 is 60.3 Å². The van der Waals surface area contributed by atoms with Gasteiger partial charge in [-0.25, -0.2) is 4.98 Å². The van der Waals surface area contributed by atoms with Gasteiger partial charge in [-0.15, -0.1) is 0 Å². The van der Waals surface area contributed by atoms with Crippen LogP contribution in [0, 0.1) is 0 Å². The summed E-state index contributed by atoms with van der Waals surface area (Å²) in [5, 5.41) is 5.42. The fraction of sp³-hybridized carbons (Fsp3) is 0. The maximum absolute atomic E-state index is 6.41. The SMILES string of the molecule is c1ccc(-c2cccc(Oc3ccc4c5cc6oc7ccccc7c6cc5n5c6ccccc6nc5c4c3)c2)nc1. The molecule has 4 heterocycles. The second kappa shape index (κ2) is 8.41. The van der Waals surface area contributed by atoms with E-state index in [2.05, 4.69) is 64.0 Å². The molecule has 0 unspecified atom stereocenters. The topological polar surface area (TPSA) is 52.6 Å². The van der Waals surface area contributed by atoms with Gasteiger partial charge in [0.2, 0.25) is 0 Å². The Balaban J connectivity index is 1.29. The zero-order valence-corrected chi connectivity index (χ0v) is 21.8. The first-order valence-electron chi connectivity index (χ1n) is 13.6. The predicted octanol–water partition coefficient (Wildman–Crippen LogP) is 9.55. The lowest BCUT2D eigenvalue weighted by molar-refractivity contribution is 0.483. The third kappa shape index (κ3) is 3.36. The van der Waals surface area contributed by atoms with Crippen molar-refractivity contribution in [2.24, 2.45) is 0 Å². The number of aromatic nitrogens is 3. The highest BCUT2D eigenvalue weighted by molar-refractivity contribution is 6.19. The Morgan fingerprint density at radius 2 is 1.44 bits per heavy atom. The first-order chi connectivity index (χ1) is 20.3. The van der Waals surface area contributed by atoms with Crippen molar-refractivity contribution in [3.8, 4) is 22.8 Å². The average Bonchev–Trinajstić information content (AvgIpc) is 3.59. The van der Waals surface area contributed by atoms with Crippen molar-refractivity contribution in [3.63, 3.8) is 0 Å². The molecular weight excluding hydrogens is 506 g/mol. The molecular formula is C36H21N3O2. The molecule has 0 amide bonds. The first-order valence-corrected chi connectivity index (χ1v) is 13.6. The van der Waals surface area contributed by atoms with Gasteiger partial charge in [0.1, 0.15) is 28.3 Å². The molecule has 5 aromatic carbocycles. The van der Waals surface area contributed by atoms with Crippen LogP contribution in [-0.2, 0) is 0 Å². The lowest BCUT2D eigenvalue weighted by Crippen LogP contribution is -1.93. The summed E-state index contributed by atoms with van der Waals surface area (Å²) in [5.41, 5.74) is 7.68. The molecule has 0 aliphatic heterocycles. The minimum absolute atomic E-state index is 0.744. The van der Waals surface area contributed by atoms with Gasteiger partial charge in [-0.05, 0) is 78.2 Å². The van der Waals surface area contributed by atoms with E-state index in [9.17, 15) is 0 Å². The summed E-state index contributed by atoms with van der Waals surface area (Å²) in [6.45, 7) is 0. The molecule has 0 saturated heterocycles. The Morgan fingerprint density at radius 1 is 0.561 bits per heavy atom. The van der Waals surface area contributed by atoms with E-state index in [0.29, 0.717) is 0 Å². The highest BCUT2D eigenvalue weighted by Crippen LogP contribution is 2.39. The zero-order valence-electron chi connectivity index (χ0n) is 21.8. The van der Waals surface area contributed by atoms with E-state index in [-0.39, 0.29) is 0 Å². The van der Waals surface area contributed by atoms with Crippen molar-refractivity contribution < 1.29 is 9.15 Å². The number of imidazole rings is 1. The maximum Gasteiger partial charge on any atom is 0.146 e. The molecule has 4 aromatic heterocycles. The fourth-order valence-electron chi connectivity index (χ4n) is 6.01. The van der Waals surface area contributed by atoms with Crippen molar-refractivity contribution in [1.82, 2.24) is 14.4 Å². The fourth-order valence-corrected chi connectivity index (χ4v) is 6.01. The van der Waals surface area contributed by atoms with Gasteiger partial charge < -0.3 is 9.15 Å². The molecule has 5 nitrogen and oxygen atoms in total. The summed E-state index contributed by atoms with van der Waals surface area (Å²) >= 11 is 0. The summed E-state index contributed by atoms with van der Waals surface area (Å²) in [4.78, 5) is 9.58. The number of fused-ring (bicyclic) bond motifs is 11. The van der Waals surface area contributed by atoms with Crippen molar-refractivity contribution in [2.45, 2.75) is 0 Å². The number of benzene rings is 5. The number of rotatable bonds is 3. The van der Waals surface area contributed by atoms with Crippen LogP contribution in [0.1, 0.15) is 0 Å². The number of ether oxygens (including phenoxy) is 1. The molecule has 0 atom stereocenters. The van der Waals surface area contributed by atoms with Crippen LogP contribution in [0.4, 0.5) is 0 Å². The van der Waals surface area contributed by atoms with Crippen LogP contribution in [0.25, 0.3) is 71.6 Å². The van der Waals surface area contributed by atoms with E-state index in [1.165, 1.54) is 0 Å². The molecule has 5 heteroatoms. The second-order valence-corrected chi connectivity index (χ2v) is 10.3. The summed E-state index contributed by atoms with van der Waals surface area (Å²) in [6, 6.07) is 41.1. The van der Waals surface area contributed by atoms with Gasteiger partial charge in [-0.3, -0.25) is 9.38 Å². The van der Waals surface area contributed by atoms with Gasteiger partial charge in [0.25, 0.3) is 0 Å². The second-order valence-electron chi connectivity index (χ2n) is 10.3. The molecule has 0 saturated carbocycles. The van der Waals surface area contributed by atoms with Crippen molar-refractivity contribution in [3.05, 3.63) is 128 Å². The van der Waals surface area contributed by atoms with Crippen LogP contribution < -0.4 is 4.74 Å². The van der Waals surface area contributed by atoms with E-state index >= 15 is 0 Å². The molecule has 0 radical (unpaired) electrons. The highest BCUT2D eigenvalue weighted by atomic mass is 16.5. The first kappa shape index (κ1) is 22.2. The zero-order chi connectivity index (χ0) is 26.9. The van der Waals surface area contributed by atoms with E-state index < -0.39 is 0 Å². The van der Waals surface area contributed by atoms with E-state index in [1.807, 2.05) is 66.7 Å². The predicted molar refractivity (Wildman–Crippen MR) is 165 cm³/mol. The Morgan fingerprint density at radius 3 is 2.39 bits per heavy atom. The smallest absolute Gasteiger partial charge is 0.146 e. The summed E-state index contributed by atoms with van der Waals surface area (Å²) in [5.74, 6) is 1.50. The van der Waals surface area contributed by atoms with Crippen LogP contribution in [0.2, 0.25) is 0 Å². The van der Waals surface area contributed by atoms with Crippen LogP contribution in [0.15, 0.2) is 132 Å². The standard InChI is InChI=1S/C36H21N3O2/c1-4-14-34-26(10-1)28-20-33-27(21-35(28)41-34)25-16-15-24(19-29(25)36-38-31-12-2-3-13-32(31)39(33)36)40-23-9-7-8-22(18-23)30-11-5-6-17-37-30/h1-21H. The summed E-state index contributed by atoms with van der Waals surface area (Å²) in [6.07, 6.45) is 1.80. The quantitative estimate of drug-likeness (QED) is 0.215. The Labute approximate surface area is 233 Å². The number of hydrogen-bond acceptors (Lipinski definition) is 4. The van der Waals surface area contributed by atoms with Crippen LogP contribution in [0.3, 0.4) is 0 Å². The van der Waals surface area contributed by atoms with Gasteiger partial charge in [0, 0.05) is 33.3 Å². The molecule has 0 aliphatic rings. The number of nitrogens with zero attached hydrogens (tertiary/aromatic N) is 3. The molecule has 0 spiro atoms. The van der Waals surface area contributed by atoms with Crippen molar-refractivity contribution in [2.75, 3.05) is 0 Å². The largest absolute Gasteiger partial charge is 0.457 e. The Hall–Kier alpha value is -5.68. The minimum Gasteiger partial charge on any atom is -0.457 e. The normalized spacial score (nSPS) is 11.9. The Bertz CT molecular complexity index is 2460. The summed E-state index contributed by atoms with van der Waals surface area (Å²) < 4.78 is 15.0. The van der Waals surface area contributed by atoms with Crippen molar-refractivity contribution in [1.29, 1.82) is 0 Å². The van der Waals surface area contributed by atoms with Gasteiger partial charge >= 0.3 is 0 Å². The van der Waals surface area contributed by atoms with Gasteiger partial charge in [-0.1, -0.05) is 48.5 Å². The lowest BCUT2D eigenvalue weighted by atomic mass is 10.0. The van der Waals surface area contributed by atoms with E-state index in [1.54, 1.807) is 6.20 Å². The van der Waals surface area contributed by atoms with Gasteiger partial charge in [0.15, 0.2) is 0 Å². The third-order valence-electron chi connectivity index (χ3n) is 7.85. The Kier molecular flexibility index (Phi) is 4.55. The number of hydrogen-bond donors (Lipinski definition) is 0. The number of pyridine rings is 2. The van der Waals surface area contributed by atoms with Crippen LogP contribution >= 0.6 is 0 Å². The average molecular weight is 528 g/mol. The molecule has 0 bridgehead atoms. The molecule has 0 fully saturated rings. The number of para-hydroxylation sites is 3. The monoisotopic (exact) mass is 527 g/mol. The van der Waals surface area contributed by atoms with Crippen LogP contribution in [-0.4, -0.2) is 14.4 Å². The van der Waals surface area contributed by atoms with E-state index in [4.69, 9.17) is 14.1 Å². The molecule has 0 N–H and O–H groups in total. The molecule has 192 valence electrons. The molecule has 9 aromatic rings. The van der Waals surface area contributed by atoms with E-state index in [0.717, 1.165) is 83.1 Å². The molecule has 0 aliphatic carbocycles. The summed E-state index contributed by atoms with van der Waals surface area (Å²) in [7, 11) is 0. The number of furan rings is 1. The minimum atomic E-state index is 0.744.